The van der Waals surface area contributed by atoms with Crippen molar-refractivity contribution in [2.75, 3.05) is 10.3 Å². The van der Waals surface area contributed by atoms with Crippen molar-refractivity contribution >= 4 is 62.9 Å². The van der Waals surface area contributed by atoms with Gasteiger partial charge in [0.15, 0.2) is 0 Å². The molecule has 0 saturated carbocycles. The molecule has 0 atom stereocenters. The summed E-state index contributed by atoms with van der Waals surface area (Å²) >= 11 is 12.9. The number of aryl methyl sites for hydroxylation is 2. The Balaban J connectivity index is 1.76. The molecule has 3 aromatic rings. The van der Waals surface area contributed by atoms with Crippen molar-refractivity contribution in [3.8, 4) is 0 Å². The second-order valence-corrected chi connectivity index (χ2v) is 10.4. The van der Waals surface area contributed by atoms with Gasteiger partial charge in [-0.2, -0.15) is 3.71 Å². The average molecular weight is 494 g/mol. The molecule has 0 spiro atoms. The van der Waals surface area contributed by atoms with Crippen LogP contribution in [0.2, 0.25) is 10.0 Å². The lowest BCUT2D eigenvalue weighted by Crippen LogP contribution is -2.28. The van der Waals surface area contributed by atoms with Crippen molar-refractivity contribution in [2.24, 2.45) is 4.99 Å². The number of nitrogens with zero attached hydrogens (tertiary/aromatic N) is 2. The number of benzene rings is 3. The third-order valence-electron chi connectivity index (χ3n) is 4.29. The third kappa shape index (κ3) is 6.24. The van der Waals surface area contributed by atoms with Crippen LogP contribution in [0.1, 0.15) is 11.1 Å². The number of nitrogens with one attached hydrogen (secondary N) is 1. The first-order valence-electron chi connectivity index (χ1n) is 9.33. The highest BCUT2D eigenvalue weighted by atomic mass is 35.5. The van der Waals surface area contributed by atoms with Gasteiger partial charge in [-0.05, 0) is 74.0 Å². The van der Waals surface area contributed by atoms with Crippen molar-refractivity contribution in [1.82, 2.24) is 4.72 Å². The lowest BCUT2D eigenvalue weighted by Gasteiger charge is -2.22. The molecular weight excluding hydrogens is 473 g/mol. The quantitative estimate of drug-likeness (QED) is 0.225. The van der Waals surface area contributed by atoms with Crippen LogP contribution >= 0.6 is 35.3 Å². The van der Waals surface area contributed by atoms with E-state index in [-0.39, 0.29) is 4.90 Å². The molecule has 3 aromatic carbocycles. The summed E-state index contributed by atoms with van der Waals surface area (Å²) in [6.07, 6.45) is 1.68. The van der Waals surface area contributed by atoms with Gasteiger partial charge < -0.3 is 0 Å². The van der Waals surface area contributed by atoms with Crippen molar-refractivity contribution in [1.29, 1.82) is 0 Å². The zero-order valence-electron chi connectivity index (χ0n) is 16.9. The van der Waals surface area contributed by atoms with E-state index in [0.717, 1.165) is 28.9 Å². The SMILES string of the molecule is Cc1ccc(S(=O)(=O)N(SNCC=Nc2ccc(Cl)cc2C)c2ccc(Cl)cc2)cc1. The van der Waals surface area contributed by atoms with Gasteiger partial charge in [0.1, 0.15) is 0 Å². The van der Waals surface area contributed by atoms with E-state index in [1.54, 1.807) is 60.8 Å². The number of rotatable bonds is 8. The van der Waals surface area contributed by atoms with Crippen molar-refractivity contribution < 1.29 is 8.42 Å². The van der Waals surface area contributed by atoms with Gasteiger partial charge in [-0.1, -0.05) is 40.9 Å². The zero-order valence-corrected chi connectivity index (χ0v) is 20.1. The fourth-order valence-corrected chi connectivity index (χ4v) is 5.38. The van der Waals surface area contributed by atoms with Crippen LogP contribution < -0.4 is 8.43 Å². The second kappa shape index (κ2) is 10.5. The second-order valence-electron chi connectivity index (χ2n) is 6.70. The molecule has 0 radical (unpaired) electrons. The minimum atomic E-state index is -3.80. The Morgan fingerprint density at radius 3 is 2.26 bits per heavy atom. The van der Waals surface area contributed by atoms with Gasteiger partial charge in [0, 0.05) is 22.8 Å². The maximum atomic E-state index is 13.3. The van der Waals surface area contributed by atoms with Crippen molar-refractivity contribution in [2.45, 2.75) is 18.7 Å². The van der Waals surface area contributed by atoms with Gasteiger partial charge in [-0.3, -0.25) is 4.99 Å². The predicted octanol–water partition coefficient (Wildman–Crippen LogP) is 6.36. The van der Waals surface area contributed by atoms with E-state index in [1.165, 1.54) is 3.71 Å². The first kappa shape index (κ1) is 23.6. The Morgan fingerprint density at radius 2 is 1.61 bits per heavy atom. The molecule has 0 saturated heterocycles. The number of aliphatic imine (C=N–C) groups is 1. The fourth-order valence-electron chi connectivity index (χ4n) is 2.65. The van der Waals surface area contributed by atoms with Crippen LogP contribution in [0.15, 0.2) is 76.6 Å². The minimum absolute atomic E-state index is 0.202. The number of sulfonamides is 1. The maximum absolute atomic E-state index is 13.3. The summed E-state index contributed by atoms with van der Waals surface area (Å²) in [6, 6.07) is 18.8. The van der Waals surface area contributed by atoms with Gasteiger partial charge in [0.25, 0.3) is 10.0 Å². The van der Waals surface area contributed by atoms with Gasteiger partial charge in [0.05, 0.1) is 28.4 Å². The van der Waals surface area contributed by atoms with E-state index < -0.39 is 10.0 Å². The monoisotopic (exact) mass is 493 g/mol. The molecule has 9 heteroatoms. The molecule has 1 N–H and O–H groups in total. The molecule has 162 valence electrons. The summed E-state index contributed by atoms with van der Waals surface area (Å²) in [6.45, 7) is 4.18. The van der Waals surface area contributed by atoms with E-state index in [0.29, 0.717) is 22.3 Å². The van der Waals surface area contributed by atoms with Crippen LogP contribution in [0.3, 0.4) is 0 Å². The summed E-state index contributed by atoms with van der Waals surface area (Å²) in [4.78, 5) is 4.61. The molecule has 0 fully saturated rings. The summed E-state index contributed by atoms with van der Waals surface area (Å²) in [5.41, 5.74) is 3.23. The highest BCUT2D eigenvalue weighted by Crippen LogP contribution is 2.30. The van der Waals surface area contributed by atoms with Gasteiger partial charge in [0.2, 0.25) is 0 Å². The first-order valence-corrected chi connectivity index (χ1v) is 12.3. The summed E-state index contributed by atoms with van der Waals surface area (Å²) in [5.74, 6) is 0. The molecule has 0 aliphatic carbocycles. The minimum Gasteiger partial charge on any atom is -0.260 e. The van der Waals surface area contributed by atoms with Crippen LogP contribution in [-0.2, 0) is 10.0 Å². The number of hydrogen-bond donors (Lipinski definition) is 1. The molecule has 31 heavy (non-hydrogen) atoms. The lowest BCUT2D eigenvalue weighted by molar-refractivity contribution is 0.598. The lowest BCUT2D eigenvalue weighted by atomic mass is 10.2. The first-order chi connectivity index (χ1) is 14.8. The smallest absolute Gasteiger partial charge is 0.260 e. The van der Waals surface area contributed by atoms with Gasteiger partial charge in [-0.25, -0.2) is 13.1 Å². The third-order valence-corrected chi connectivity index (χ3v) is 7.77. The number of anilines is 1. The van der Waals surface area contributed by atoms with Gasteiger partial charge >= 0.3 is 0 Å². The fraction of sp³-hybridized carbons (Fsp3) is 0.136. The van der Waals surface area contributed by atoms with E-state index in [9.17, 15) is 8.42 Å². The average Bonchev–Trinajstić information content (AvgIpc) is 2.73. The summed E-state index contributed by atoms with van der Waals surface area (Å²) in [7, 11) is -3.80. The molecular formula is C22H21Cl2N3O2S2. The van der Waals surface area contributed by atoms with Gasteiger partial charge in [-0.15, -0.1) is 0 Å². The largest absolute Gasteiger partial charge is 0.274 e. The highest BCUT2D eigenvalue weighted by Gasteiger charge is 2.26. The normalized spacial score (nSPS) is 11.7. The topological polar surface area (TPSA) is 61.8 Å². The molecule has 0 bridgehead atoms. The Morgan fingerprint density at radius 1 is 0.968 bits per heavy atom. The van der Waals surface area contributed by atoms with Crippen LogP contribution in [-0.4, -0.2) is 21.2 Å². The summed E-state index contributed by atoms with van der Waals surface area (Å²) in [5, 5.41) is 1.19. The molecule has 3 rings (SSSR count). The predicted molar refractivity (Wildman–Crippen MR) is 132 cm³/mol. The molecule has 0 aromatic heterocycles. The van der Waals surface area contributed by atoms with E-state index in [1.807, 2.05) is 26.0 Å². The van der Waals surface area contributed by atoms with Crippen LogP contribution in [0, 0.1) is 13.8 Å². The van der Waals surface area contributed by atoms with E-state index >= 15 is 0 Å². The van der Waals surface area contributed by atoms with E-state index in [2.05, 4.69) is 9.71 Å². The Kier molecular flexibility index (Phi) is 8.02. The number of hydrogen-bond acceptors (Lipinski definition) is 5. The molecule has 0 unspecified atom stereocenters. The Bertz CT molecular complexity index is 1170. The molecule has 5 nitrogen and oxygen atoms in total. The standard InChI is InChI=1S/C22H21Cl2N3O2S2/c1-16-3-10-21(11-4-16)31(28,29)27(20-8-5-18(23)6-9-20)30-26-14-13-25-22-12-7-19(24)15-17(22)2/h3-13,15,26H,14H2,1-2H3. The van der Waals surface area contributed by atoms with Crippen LogP contribution in [0.5, 0.6) is 0 Å². The Labute approximate surface area is 197 Å². The molecule has 0 amide bonds. The van der Waals surface area contributed by atoms with Crippen LogP contribution in [0.25, 0.3) is 0 Å². The molecule has 0 heterocycles. The number of halogens is 2. The summed E-state index contributed by atoms with van der Waals surface area (Å²) < 4.78 is 30.8. The molecule has 0 aliphatic heterocycles. The van der Waals surface area contributed by atoms with Crippen molar-refractivity contribution in [3.05, 3.63) is 87.9 Å². The van der Waals surface area contributed by atoms with E-state index in [4.69, 9.17) is 23.2 Å². The Hall–Kier alpha value is -2.03. The maximum Gasteiger partial charge on any atom is 0.274 e. The molecule has 0 aliphatic rings. The highest BCUT2D eigenvalue weighted by molar-refractivity contribution is 8.13. The van der Waals surface area contributed by atoms with Crippen molar-refractivity contribution in [3.63, 3.8) is 0 Å². The zero-order chi connectivity index (χ0) is 22.4. The van der Waals surface area contributed by atoms with Crippen LogP contribution in [0.4, 0.5) is 11.4 Å².